The Hall–Kier alpha value is -4.73. The van der Waals surface area contributed by atoms with Crippen molar-refractivity contribution in [3.8, 4) is 11.5 Å². The summed E-state index contributed by atoms with van der Waals surface area (Å²) in [6, 6.07) is 18.1. The highest BCUT2D eigenvalue weighted by Crippen LogP contribution is 2.33. The smallest absolute Gasteiger partial charge is 0.330 e. The van der Waals surface area contributed by atoms with Gasteiger partial charge in [0.1, 0.15) is 11.6 Å². The van der Waals surface area contributed by atoms with Crippen molar-refractivity contribution in [2.45, 2.75) is 25.9 Å². The van der Waals surface area contributed by atoms with Crippen LogP contribution in [0.5, 0.6) is 11.5 Å². The van der Waals surface area contributed by atoms with Gasteiger partial charge in [0, 0.05) is 6.42 Å². The first-order valence-corrected chi connectivity index (χ1v) is 11.4. The number of nitrogens with zero attached hydrogens (tertiary/aromatic N) is 2. The van der Waals surface area contributed by atoms with Gasteiger partial charge in [-0.1, -0.05) is 36.4 Å². The molecule has 3 heterocycles. The fourth-order valence-electron chi connectivity index (χ4n) is 4.09. The van der Waals surface area contributed by atoms with E-state index >= 15 is 0 Å². The van der Waals surface area contributed by atoms with Crippen LogP contribution in [-0.2, 0) is 24.3 Å². The number of aryl methyl sites for hydroxylation is 1. The normalized spacial score (nSPS) is 12.0. The molecule has 184 valence electrons. The van der Waals surface area contributed by atoms with Crippen molar-refractivity contribution < 1.29 is 18.7 Å². The molecule has 0 aliphatic carbocycles. The van der Waals surface area contributed by atoms with E-state index in [2.05, 4.69) is 4.98 Å². The Kier molecular flexibility index (Phi) is 6.31. The summed E-state index contributed by atoms with van der Waals surface area (Å²) in [6.07, 6.45) is 1.96. The zero-order valence-electron chi connectivity index (χ0n) is 19.3. The molecule has 3 N–H and O–H groups in total. The molecule has 1 aliphatic heterocycles. The molecule has 0 unspecified atom stereocenters. The lowest BCUT2D eigenvalue weighted by molar-refractivity contribution is -0.118. The maximum absolute atomic E-state index is 13.5. The molecule has 4 aromatic rings. The monoisotopic (exact) mass is 488 g/mol. The summed E-state index contributed by atoms with van der Waals surface area (Å²) in [6.45, 7) is 0.272. The zero-order chi connectivity index (χ0) is 25.1. The number of carbonyl (C=O) groups is 1. The molecule has 2 aromatic carbocycles. The Labute approximate surface area is 205 Å². The van der Waals surface area contributed by atoms with Crippen LogP contribution in [0.2, 0.25) is 0 Å². The number of hydrogen-bond donors (Lipinski definition) is 2. The molecule has 1 aliphatic rings. The van der Waals surface area contributed by atoms with Gasteiger partial charge in [-0.2, -0.15) is 0 Å². The van der Waals surface area contributed by atoms with Gasteiger partial charge in [0.05, 0.1) is 19.4 Å². The third-order valence-corrected chi connectivity index (χ3v) is 5.93. The number of amides is 1. The number of carbonyl (C=O) groups excluding carboxylic acids is 1. The Morgan fingerprint density at radius 2 is 1.81 bits per heavy atom. The molecule has 1 amide bonds. The van der Waals surface area contributed by atoms with Crippen molar-refractivity contribution in [3.63, 3.8) is 0 Å². The van der Waals surface area contributed by atoms with Crippen LogP contribution in [0, 0.1) is 0 Å². The minimum Gasteiger partial charge on any atom is -0.467 e. The van der Waals surface area contributed by atoms with Gasteiger partial charge in [0.2, 0.25) is 12.7 Å². The maximum atomic E-state index is 13.5. The lowest BCUT2D eigenvalue weighted by atomic mass is 10.1. The second-order valence-electron chi connectivity index (χ2n) is 8.31. The van der Waals surface area contributed by atoms with E-state index in [9.17, 15) is 14.4 Å². The highest BCUT2D eigenvalue weighted by atomic mass is 16.7. The minimum absolute atomic E-state index is 0.0240. The highest BCUT2D eigenvalue weighted by Gasteiger charge is 2.25. The number of nitrogen functional groups attached to an aromatic ring is 1. The Bertz CT molecular complexity index is 1490. The van der Waals surface area contributed by atoms with E-state index in [1.54, 1.807) is 18.2 Å². The van der Waals surface area contributed by atoms with Crippen molar-refractivity contribution in [3.05, 3.63) is 105 Å². The van der Waals surface area contributed by atoms with Crippen LogP contribution in [0.15, 0.2) is 80.9 Å². The fourth-order valence-corrected chi connectivity index (χ4v) is 4.09. The van der Waals surface area contributed by atoms with Crippen LogP contribution >= 0.6 is 0 Å². The van der Waals surface area contributed by atoms with E-state index < -0.39 is 11.2 Å². The van der Waals surface area contributed by atoms with Crippen LogP contribution in [0.3, 0.4) is 0 Å². The van der Waals surface area contributed by atoms with E-state index in [0.717, 1.165) is 11.1 Å². The highest BCUT2D eigenvalue weighted by molar-refractivity contribution is 5.95. The number of ether oxygens (including phenoxy) is 2. The predicted octanol–water partition coefficient (Wildman–Crippen LogP) is 2.65. The van der Waals surface area contributed by atoms with Gasteiger partial charge in [0.25, 0.3) is 5.56 Å². The number of H-pyrrole nitrogens is 1. The number of nitrogens with two attached hydrogens (primary N) is 1. The molecule has 0 fully saturated rings. The number of hydrogen-bond acceptors (Lipinski definition) is 7. The maximum Gasteiger partial charge on any atom is 0.330 e. The molecule has 0 saturated heterocycles. The van der Waals surface area contributed by atoms with E-state index in [1.165, 1.54) is 15.7 Å². The molecule has 10 nitrogen and oxygen atoms in total. The molecule has 5 rings (SSSR count). The number of furan rings is 1. The van der Waals surface area contributed by atoms with Crippen molar-refractivity contribution in [1.29, 1.82) is 0 Å². The lowest BCUT2D eigenvalue weighted by Gasteiger charge is -2.24. The summed E-state index contributed by atoms with van der Waals surface area (Å²) in [7, 11) is 0. The molecule has 0 spiro atoms. The first-order valence-electron chi connectivity index (χ1n) is 11.4. The first kappa shape index (κ1) is 23.0. The van der Waals surface area contributed by atoms with Crippen LogP contribution in [-0.4, -0.2) is 22.3 Å². The Morgan fingerprint density at radius 1 is 1.00 bits per heavy atom. The molecule has 0 radical (unpaired) electrons. The van der Waals surface area contributed by atoms with Crippen LogP contribution < -0.4 is 31.4 Å². The minimum atomic E-state index is -0.746. The van der Waals surface area contributed by atoms with Crippen LogP contribution in [0.4, 0.5) is 11.5 Å². The van der Waals surface area contributed by atoms with Crippen molar-refractivity contribution >= 4 is 17.4 Å². The SMILES string of the molecule is Nc1c(N(Cc2ccco2)C(=O)CCc2ccc3c(c2)OCO3)c(=O)[nH]c(=O)n1Cc1ccccc1. The third kappa shape index (κ3) is 4.74. The Balaban J connectivity index is 1.46. The third-order valence-electron chi connectivity index (χ3n) is 5.93. The van der Waals surface area contributed by atoms with Gasteiger partial charge in [-0.15, -0.1) is 0 Å². The van der Waals surface area contributed by atoms with Gasteiger partial charge in [0.15, 0.2) is 17.2 Å². The van der Waals surface area contributed by atoms with Gasteiger partial charge < -0.3 is 19.6 Å². The lowest BCUT2D eigenvalue weighted by Crippen LogP contribution is -2.41. The number of rotatable bonds is 8. The summed E-state index contributed by atoms with van der Waals surface area (Å²) >= 11 is 0. The average molecular weight is 489 g/mol. The van der Waals surface area contributed by atoms with E-state index in [-0.39, 0.29) is 43.7 Å². The number of anilines is 2. The molecule has 0 saturated carbocycles. The van der Waals surface area contributed by atoms with E-state index in [1.807, 2.05) is 42.5 Å². The van der Waals surface area contributed by atoms with Crippen molar-refractivity contribution in [1.82, 2.24) is 9.55 Å². The topological polar surface area (TPSA) is 133 Å². The Morgan fingerprint density at radius 3 is 2.58 bits per heavy atom. The number of aromatic amines is 1. The molecule has 0 atom stereocenters. The fraction of sp³-hybridized carbons (Fsp3) is 0.192. The van der Waals surface area contributed by atoms with Gasteiger partial charge in [-0.25, -0.2) is 4.79 Å². The number of fused-ring (bicyclic) bond motifs is 1. The summed E-state index contributed by atoms with van der Waals surface area (Å²) in [5, 5.41) is 0. The molecular weight excluding hydrogens is 464 g/mol. The zero-order valence-corrected chi connectivity index (χ0v) is 19.3. The van der Waals surface area contributed by atoms with Crippen molar-refractivity contribution in [2.24, 2.45) is 0 Å². The molecule has 10 heteroatoms. The summed E-state index contributed by atoms with van der Waals surface area (Å²) in [4.78, 5) is 42.6. The standard InChI is InChI=1S/C26H24N4O6/c27-24-23(25(32)28-26(33)30(24)14-18-5-2-1-3-6-18)29(15-19-7-4-12-34-19)22(31)11-9-17-8-10-20-21(13-17)36-16-35-20/h1-8,10,12-13H,9,11,14-16,27H2,(H,28,32,33). The molecule has 36 heavy (non-hydrogen) atoms. The number of aromatic nitrogens is 2. The van der Waals surface area contributed by atoms with Gasteiger partial charge in [-0.3, -0.25) is 24.0 Å². The van der Waals surface area contributed by atoms with Gasteiger partial charge >= 0.3 is 5.69 Å². The van der Waals surface area contributed by atoms with Gasteiger partial charge in [-0.05, 0) is 41.8 Å². The quantitative estimate of drug-likeness (QED) is 0.390. The number of nitrogens with one attached hydrogen (secondary N) is 1. The van der Waals surface area contributed by atoms with Crippen LogP contribution in [0.25, 0.3) is 0 Å². The predicted molar refractivity (Wildman–Crippen MR) is 132 cm³/mol. The van der Waals surface area contributed by atoms with Crippen LogP contribution in [0.1, 0.15) is 23.3 Å². The second kappa shape index (κ2) is 9.87. The van der Waals surface area contributed by atoms with E-state index in [4.69, 9.17) is 19.6 Å². The van der Waals surface area contributed by atoms with E-state index in [0.29, 0.717) is 23.7 Å². The molecule has 0 bridgehead atoms. The molecule has 2 aromatic heterocycles. The largest absolute Gasteiger partial charge is 0.467 e. The summed E-state index contributed by atoms with van der Waals surface area (Å²) in [5.41, 5.74) is 6.55. The summed E-state index contributed by atoms with van der Waals surface area (Å²) < 4.78 is 17.4. The number of benzene rings is 2. The van der Waals surface area contributed by atoms with Crippen molar-refractivity contribution in [2.75, 3.05) is 17.4 Å². The summed E-state index contributed by atoms with van der Waals surface area (Å²) in [5.74, 6) is 1.29. The second-order valence-corrected chi connectivity index (χ2v) is 8.31. The average Bonchev–Trinajstić information content (AvgIpc) is 3.57. The molecular formula is C26H24N4O6. The first-order chi connectivity index (χ1) is 17.5.